The molecule has 0 atom stereocenters. The first kappa shape index (κ1) is 15.0. The van der Waals surface area contributed by atoms with Crippen LogP contribution >= 0.6 is 0 Å². The van der Waals surface area contributed by atoms with Gasteiger partial charge < -0.3 is 16.0 Å². The number of urea groups is 1. The zero-order valence-corrected chi connectivity index (χ0v) is 11.5. The van der Waals surface area contributed by atoms with E-state index in [1.807, 2.05) is 31.1 Å². The van der Waals surface area contributed by atoms with E-state index in [1.54, 1.807) is 12.1 Å². The third-order valence-electron chi connectivity index (χ3n) is 2.61. The van der Waals surface area contributed by atoms with Gasteiger partial charge >= 0.3 is 6.03 Å². The average molecular weight is 264 g/mol. The summed E-state index contributed by atoms with van der Waals surface area (Å²) in [4.78, 5) is 26.2. The predicted molar refractivity (Wildman–Crippen MR) is 76.2 cm³/mol. The second kappa shape index (κ2) is 6.75. The number of rotatable bonds is 4. The molecule has 3 amide bonds. The van der Waals surface area contributed by atoms with E-state index in [9.17, 15) is 9.59 Å². The zero-order chi connectivity index (χ0) is 14.4. The van der Waals surface area contributed by atoms with E-state index in [2.05, 4.69) is 5.32 Å². The van der Waals surface area contributed by atoms with Crippen molar-refractivity contribution < 1.29 is 9.59 Å². The highest BCUT2D eigenvalue weighted by Crippen LogP contribution is 2.16. The number of nitrogens with one attached hydrogen (secondary N) is 1. The molecule has 0 radical (unpaired) electrons. The maximum Gasteiger partial charge on any atom is 0.328 e. The SMILES string of the molecule is CC(=O)N(CCN)C(=O)Nc1ccc(N(C)C)cc1. The average Bonchev–Trinajstić information content (AvgIpc) is 2.36. The topological polar surface area (TPSA) is 78.7 Å². The molecule has 0 fully saturated rings. The van der Waals surface area contributed by atoms with Crippen molar-refractivity contribution in [3.63, 3.8) is 0 Å². The second-order valence-corrected chi connectivity index (χ2v) is 4.33. The van der Waals surface area contributed by atoms with Crippen molar-refractivity contribution >= 4 is 23.3 Å². The fourth-order valence-electron chi connectivity index (χ4n) is 1.56. The lowest BCUT2D eigenvalue weighted by Gasteiger charge is -2.19. The second-order valence-electron chi connectivity index (χ2n) is 4.33. The van der Waals surface area contributed by atoms with E-state index in [1.165, 1.54) is 6.92 Å². The molecule has 0 aliphatic carbocycles. The number of hydrogen-bond donors (Lipinski definition) is 2. The molecule has 0 heterocycles. The Morgan fingerprint density at radius 3 is 2.21 bits per heavy atom. The van der Waals surface area contributed by atoms with Gasteiger partial charge in [0.2, 0.25) is 5.91 Å². The minimum absolute atomic E-state index is 0.205. The Morgan fingerprint density at radius 1 is 1.21 bits per heavy atom. The van der Waals surface area contributed by atoms with Crippen molar-refractivity contribution in [1.29, 1.82) is 0 Å². The van der Waals surface area contributed by atoms with Crippen LogP contribution < -0.4 is 16.0 Å². The monoisotopic (exact) mass is 264 g/mol. The maximum absolute atomic E-state index is 11.9. The van der Waals surface area contributed by atoms with Crippen LogP contribution in [0, 0.1) is 0 Å². The van der Waals surface area contributed by atoms with Crippen LogP contribution in [-0.4, -0.2) is 44.0 Å². The van der Waals surface area contributed by atoms with Crippen molar-refractivity contribution in [2.45, 2.75) is 6.92 Å². The largest absolute Gasteiger partial charge is 0.378 e. The van der Waals surface area contributed by atoms with Crippen LogP contribution in [0.3, 0.4) is 0 Å². The van der Waals surface area contributed by atoms with Gasteiger partial charge in [0.25, 0.3) is 0 Å². The third-order valence-corrected chi connectivity index (χ3v) is 2.61. The Balaban J connectivity index is 2.72. The van der Waals surface area contributed by atoms with Crippen LogP contribution in [0.15, 0.2) is 24.3 Å². The lowest BCUT2D eigenvalue weighted by molar-refractivity contribution is -0.125. The van der Waals surface area contributed by atoms with E-state index in [0.29, 0.717) is 5.69 Å². The van der Waals surface area contributed by atoms with Gasteiger partial charge in [-0.25, -0.2) is 4.79 Å². The van der Waals surface area contributed by atoms with Crippen molar-refractivity contribution in [2.24, 2.45) is 5.73 Å². The van der Waals surface area contributed by atoms with E-state index < -0.39 is 6.03 Å². The van der Waals surface area contributed by atoms with Crippen LogP contribution in [0.25, 0.3) is 0 Å². The molecular formula is C13H20N4O2. The Labute approximate surface area is 113 Å². The fraction of sp³-hybridized carbons (Fsp3) is 0.385. The molecule has 0 unspecified atom stereocenters. The molecule has 0 bridgehead atoms. The predicted octanol–water partition coefficient (Wildman–Crippen LogP) is 1.09. The number of anilines is 2. The summed E-state index contributed by atoms with van der Waals surface area (Å²) in [5.41, 5.74) is 7.04. The number of nitrogens with two attached hydrogens (primary N) is 1. The van der Waals surface area contributed by atoms with E-state index in [0.717, 1.165) is 10.6 Å². The maximum atomic E-state index is 11.9. The van der Waals surface area contributed by atoms with Gasteiger partial charge in [0.05, 0.1) is 0 Å². The van der Waals surface area contributed by atoms with Crippen molar-refractivity contribution in [1.82, 2.24) is 4.90 Å². The van der Waals surface area contributed by atoms with E-state index in [4.69, 9.17) is 5.73 Å². The van der Waals surface area contributed by atoms with Gasteiger partial charge in [-0.3, -0.25) is 9.69 Å². The van der Waals surface area contributed by atoms with Crippen molar-refractivity contribution in [2.75, 3.05) is 37.4 Å². The minimum atomic E-state index is -0.462. The van der Waals surface area contributed by atoms with E-state index >= 15 is 0 Å². The Kier molecular flexibility index (Phi) is 5.32. The van der Waals surface area contributed by atoms with Crippen LogP contribution in [-0.2, 0) is 4.79 Å². The smallest absolute Gasteiger partial charge is 0.328 e. The normalized spacial score (nSPS) is 9.89. The van der Waals surface area contributed by atoms with Gasteiger partial charge in [-0.15, -0.1) is 0 Å². The van der Waals surface area contributed by atoms with Gasteiger partial charge in [-0.05, 0) is 24.3 Å². The first-order chi connectivity index (χ1) is 8.95. The van der Waals surface area contributed by atoms with Crippen LogP contribution in [0.4, 0.5) is 16.2 Å². The number of amides is 3. The summed E-state index contributed by atoms with van der Waals surface area (Å²) in [5, 5.41) is 2.67. The molecule has 19 heavy (non-hydrogen) atoms. The van der Waals surface area contributed by atoms with Crippen LogP contribution in [0.2, 0.25) is 0 Å². The number of carbonyl (C=O) groups excluding carboxylic acids is 2. The third kappa shape index (κ3) is 4.26. The summed E-state index contributed by atoms with van der Waals surface area (Å²) in [6.07, 6.45) is 0. The molecule has 0 aliphatic heterocycles. The molecule has 0 aliphatic rings. The molecule has 6 heteroatoms. The molecule has 1 aromatic carbocycles. The Bertz CT molecular complexity index is 442. The summed E-state index contributed by atoms with van der Waals surface area (Å²) in [6, 6.07) is 6.88. The van der Waals surface area contributed by atoms with Crippen molar-refractivity contribution in [3.05, 3.63) is 24.3 Å². The Hall–Kier alpha value is -2.08. The van der Waals surface area contributed by atoms with E-state index in [-0.39, 0.29) is 19.0 Å². The lowest BCUT2D eigenvalue weighted by atomic mass is 10.2. The van der Waals surface area contributed by atoms with Gasteiger partial charge in [-0.2, -0.15) is 0 Å². The summed E-state index contributed by atoms with van der Waals surface area (Å²) >= 11 is 0. The van der Waals surface area contributed by atoms with Crippen LogP contribution in [0.5, 0.6) is 0 Å². The molecule has 1 aromatic rings. The summed E-state index contributed by atoms with van der Waals surface area (Å²) in [6.45, 7) is 1.79. The summed E-state index contributed by atoms with van der Waals surface area (Å²) in [5.74, 6) is -0.326. The molecule has 104 valence electrons. The standard InChI is InChI=1S/C13H20N4O2/c1-10(18)17(9-8-14)13(19)15-11-4-6-12(7-5-11)16(2)3/h4-7H,8-9,14H2,1-3H3,(H,15,19). The Morgan fingerprint density at radius 2 is 1.79 bits per heavy atom. The van der Waals surface area contributed by atoms with Crippen LogP contribution in [0.1, 0.15) is 6.92 Å². The highest BCUT2D eigenvalue weighted by Gasteiger charge is 2.16. The highest BCUT2D eigenvalue weighted by atomic mass is 16.2. The van der Waals surface area contributed by atoms with Gasteiger partial charge in [-0.1, -0.05) is 0 Å². The van der Waals surface area contributed by atoms with Gasteiger partial charge in [0.1, 0.15) is 0 Å². The van der Waals surface area contributed by atoms with Crippen molar-refractivity contribution in [3.8, 4) is 0 Å². The fourth-order valence-corrected chi connectivity index (χ4v) is 1.56. The number of benzene rings is 1. The first-order valence-corrected chi connectivity index (χ1v) is 6.02. The minimum Gasteiger partial charge on any atom is -0.378 e. The highest BCUT2D eigenvalue weighted by molar-refractivity contribution is 6.00. The number of hydrogen-bond acceptors (Lipinski definition) is 4. The number of imide groups is 1. The molecule has 6 nitrogen and oxygen atoms in total. The molecule has 0 aromatic heterocycles. The molecule has 1 rings (SSSR count). The molecule has 0 spiro atoms. The molecule has 0 saturated heterocycles. The zero-order valence-electron chi connectivity index (χ0n) is 11.5. The number of carbonyl (C=O) groups is 2. The summed E-state index contributed by atoms with van der Waals surface area (Å²) in [7, 11) is 3.87. The molecular weight excluding hydrogens is 244 g/mol. The van der Waals surface area contributed by atoms with Gasteiger partial charge in [0.15, 0.2) is 0 Å². The summed E-state index contributed by atoms with van der Waals surface area (Å²) < 4.78 is 0. The van der Waals surface area contributed by atoms with Gasteiger partial charge in [0, 0.05) is 45.5 Å². The quantitative estimate of drug-likeness (QED) is 0.853. The number of nitrogens with zero attached hydrogens (tertiary/aromatic N) is 2. The first-order valence-electron chi connectivity index (χ1n) is 6.02. The lowest BCUT2D eigenvalue weighted by Crippen LogP contribution is -2.41. The molecule has 3 N–H and O–H groups in total. The molecule has 0 saturated carbocycles.